The van der Waals surface area contributed by atoms with Crippen LogP contribution in [-0.2, 0) is 11.3 Å². The van der Waals surface area contributed by atoms with E-state index < -0.39 is 18.3 Å². The van der Waals surface area contributed by atoms with E-state index in [4.69, 9.17) is 10.5 Å². The lowest BCUT2D eigenvalue weighted by molar-refractivity contribution is -0.154. The number of nitrogens with zero attached hydrogens (tertiary/aromatic N) is 1. The van der Waals surface area contributed by atoms with Crippen LogP contribution in [0.5, 0.6) is 5.88 Å². The molecule has 1 aliphatic carbocycles. The molecule has 1 fully saturated rings. The lowest BCUT2D eigenvalue weighted by atomic mass is 9.74. The van der Waals surface area contributed by atoms with E-state index in [1.54, 1.807) is 12.1 Å². The van der Waals surface area contributed by atoms with Gasteiger partial charge in [-0.3, -0.25) is 4.79 Å². The van der Waals surface area contributed by atoms with Crippen LogP contribution in [0.25, 0.3) is 0 Å². The number of ether oxygens (including phenoxy) is 1. The van der Waals surface area contributed by atoms with E-state index in [0.29, 0.717) is 12.0 Å². The summed E-state index contributed by atoms with van der Waals surface area (Å²) in [5, 5.41) is 2.74. The molecule has 1 heterocycles. The molecule has 5 nitrogen and oxygen atoms in total. The number of pyridine rings is 1. The average Bonchev–Trinajstić information content (AvgIpc) is 2.50. The number of hydrogen-bond donors (Lipinski definition) is 2. The summed E-state index contributed by atoms with van der Waals surface area (Å²) in [5.74, 6) is -0.623. The van der Waals surface area contributed by atoms with Crippen molar-refractivity contribution in [1.82, 2.24) is 10.3 Å². The molecule has 1 saturated carbocycles. The maximum absolute atomic E-state index is 12.4. The highest BCUT2D eigenvalue weighted by Gasteiger charge is 2.37. The quantitative estimate of drug-likeness (QED) is 0.860. The molecule has 134 valence electrons. The minimum atomic E-state index is -4.44. The van der Waals surface area contributed by atoms with Gasteiger partial charge in [0.15, 0.2) is 6.61 Å². The van der Waals surface area contributed by atoms with Crippen molar-refractivity contribution in [3.8, 4) is 5.88 Å². The number of nitrogens with one attached hydrogen (secondary N) is 1. The topological polar surface area (TPSA) is 77.2 Å². The Kier molecular flexibility index (Phi) is 5.69. The molecule has 0 radical (unpaired) electrons. The normalized spacial score (nSPS) is 24.5. The molecule has 1 amide bonds. The summed E-state index contributed by atoms with van der Waals surface area (Å²) in [6.07, 6.45) is 0.324. The van der Waals surface area contributed by atoms with Gasteiger partial charge >= 0.3 is 6.18 Å². The van der Waals surface area contributed by atoms with Crippen LogP contribution in [-0.4, -0.2) is 29.2 Å². The van der Waals surface area contributed by atoms with Crippen molar-refractivity contribution in [1.29, 1.82) is 0 Å². The van der Waals surface area contributed by atoms with Gasteiger partial charge in [-0.25, -0.2) is 4.98 Å². The van der Waals surface area contributed by atoms with E-state index in [2.05, 4.69) is 10.3 Å². The molecule has 1 aromatic rings. The summed E-state index contributed by atoms with van der Waals surface area (Å²) in [4.78, 5) is 16.2. The first-order valence-electron chi connectivity index (χ1n) is 7.89. The first-order valence-corrected chi connectivity index (χ1v) is 7.89. The van der Waals surface area contributed by atoms with E-state index in [1.165, 1.54) is 6.20 Å². The minimum Gasteiger partial charge on any atom is -0.468 e. The van der Waals surface area contributed by atoms with Crippen molar-refractivity contribution in [2.24, 2.45) is 11.7 Å². The van der Waals surface area contributed by atoms with Gasteiger partial charge in [-0.2, -0.15) is 13.2 Å². The zero-order valence-electron chi connectivity index (χ0n) is 13.5. The molecule has 1 aromatic heterocycles. The molecule has 0 aliphatic heterocycles. The van der Waals surface area contributed by atoms with Crippen molar-refractivity contribution in [2.75, 3.05) is 6.61 Å². The maximum Gasteiger partial charge on any atom is 0.422 e. The number of halogens is 3. The molecule has 2 rings (SSSR count). The number of carbonyl (C=O) groups excluding carboxylic acids is 1. The number of nitrogens with two attached hydrogens (primary N) is 1. The van der Waals surface area contributed by atoms with Gasteiger partial charge in [0.05, 0.1) is 5.92 Å². The molecule has 0 spiro atoms. The second-order valence-corrected chi connectivity index (χ2v) is 6.39. The summed E-state index contributed by atoms with van der Waals surface area (Å²) in [5.41, 5.74) is 6.03. The third-order valence-electron chi connectivity index (χ3n) is 4.25. The van der Waals surface area contributed by atoms with Gasteiger partial charge < -0.3 is 15.8 Å². The molecule has 8 heteroatoms. The maximum atomic E-state index is 12.4. The highest BCUT2D eigenvalue weighted by molar-refractivity contribution is 5.80. The lowest BCUT2D eigenvalue weighted by Crippen LogP contribution is -2.52. The summed E-state index contributed by atoms with van der Waals surface area (Å²) >= 11 is 0. The Morgan fingerprint density at radius 1 is 1.50 bits per heavy atom. The van der Waals surface area contributed by atoms with Gasteiger partial charge in [0.25, 0.3) is 0 Å². The summed E-state index contributed by atoms with van der Waals surface area (Å²) in [6.45, 7) is 0.485. The molecule has 24 heavy (non-hydrogen) atoms. The second kappa shape index (κ2) is 7.38. The van der Waals surface area contributed by atoms with Crippen LogP contribution < -0.4 is 15.8 Å². The summed E-state index contributed by atoms with van der Waals surface area (Å²) in [6, 6.07) is 3.15. The van der Waals surface area contributed by atoms with Gasteiger partial charge in [-0.15, -0.1) is 0 Å². The number of amides is 1. The van der Waals surface area contributed by atoms with Crippen molar-refractivity contribution in [3.05, 3.63) is 23.9 Å². The van der Waals surface area contributed by atoms with Crippen molar-refractivity contribution < 1.29 is 22.7 Å². The first kappa shape index (κ1) is 18.5. The van der Waals surface area contributed by atoms with Crippen LogP contribution in [0, 0.1) is 5.92 Å². The zero-order valence-corrected chi connectivity index (χ0v) is 13.5. The van der Waals surface area contributed by atoms with Crippen molar-refractivity contribution >= 4 is 5.91 Å². The SMILES string of the molecule is CC1(N)CCCCC1C(=O)NCc1cccnc1OCC(F)(F)F. The van der Waals surface area contributed by atoms with Gasteiger partial charge in [0.1, 0.15) is 0 Å². The van der Waals surface area contributed by atoms with Crippen LogP contribution in [0.4, 0.5) is 13.2 Å². The van der Waals surface area contributed by atoms with Gasteiger partial charge in [-0.1, -0.05) is 18.9 Å². The van der Waals surface area contributed by atoms with Crippen LogP contribution in [0.2, 0.25) is 0 Å². The highest BCUT2D eigenvalue weighted by Crippen LogP contribution is 2.31. The molecule has 1 aliphatic rings. The van der Waals surface area contributed by atoms with Crippen LogP contribution in [0.3, 0.4) is 0 Å². The third-order valence-corrected chi connectivity index (χ3v) is 4.25. The predicted molar refractivity (Wildman–Crippen MR) is 82.2 cm³/mol. The Morgan fingerprint density at radius 2 is 2.25 bits per heavy atom. The molecule has 0 aromatic carbocycles. The molecule has 2 atom stereocenters. The van der Waals surface area contributed by atoms with Crippen LogP contribution in [0.1, 0.15) is 38.2 Å². The largest absolute Gasteiger partial charge is 0.468 e. The Bertz CT molecular complexity index is 576. The fourth-order valence-electron chi connectivity index (χ4n) is 2.93. The molecule has 0 bridgehead atoms. The molecular weight excluding hydrogens is 323 g/mol. The van der Waals surface area contributed by atoms with E-state index in [9.17, 15) is 18.0 Å². The number of rotatable bonds is 5. The highest BCUT2D eigenvalue weighted by atomic mass is 19.4. The minimum absolute atomic E-state index is 0.0481. The average molecular weight is 345 g/mol. The molecule has 2 unspecified atom stereocenters. The molecule has 3 N–H and O–H groups in total. The van der Waals surface area contributed by atoms with Gasteiger partial charge in [0, 0.05) is 23.8 Å². The number of aromatic nitrogens is 1. The first-order chi connectivity index (χ1) is 11.2. The third kappa shape index (κ3) is 5.09. The van der Waals surface area contributed by atoms with Crippen LogP contribution in [0.15, 0.2) is 18.3 Å². The van der Waals surface area contributed by atoms with E-state index in [1.807, 2.05) is 6.92 Å². The van der Waals surface area contributed by atoms with E-state index in [0.717, 1.165) is 19.3 Å². The lowest BCUT2D eigenvalue weighted by Gasteiger charge is -2.37. The standard InChI is InChI=1S/C16H22F3N3O2/c1-15(20)7-3-2-6-12(15)13(23)22-9-11-5-4-8-21-14(11)24-10-16(17,18)19/h4-5,8,12H,2-3,6-7,9-10,20H2,1H3,(H,22,23). The van der Waals surface area contributed by atoms with E-state index in [-0.39, 0.29) is 24.2 Å². The zero-order chi connectivity index (χ0) is 17.8. The van der Waals surface area contributed by atoms with E-state index >= 15 is 0 Å². The second-order valence-electron chi connectivity index (χ2n) is 6.39. The number of alkyl halides is 3. The predicted octanol–water partition coefficient (Wildman–Crippen LogP) is 2.55. The smallest absolute Gasteiger partial charge is 0.422 e. The monoisotopic (exact) mass is 345 g/mol. The number of carbonyl (C=O) groups is 1. The molecular formula is C16H22F3N3O2. The number of hydrogen-bond acceptors (Lipinski definition) is 4. The summed E-state index contributed by atoms with van der Waals surface area (Å²) in [7, 11) is 0. The van der Waals surface area contributed by atoms with Gasteiger partial charge in [0.2, 0.25) is 11.8 Å². The fraction of sp³-hybridized carbons (Fsp3) is 0.625. The van der Waals surface area contributed by atoms with Crippen molar-refractivity contribution in [3.63, 3.8) is 0 Å². The summed E-state index contributed by atoms with van der Waals surface area (Å²) < 4.78 is 41.5. The Hall–Kier alpha value is -1.83. The fourth-order valence-corrected chi connectivity index (χ4v) is 2.93. The Balaban J connectivity index is 1.97. The Morgan fingerprint density at radius 3 is 2.92 bits per heavy atom. The Labute approximate surface area is 138 Å². The van der Waals surface area contributed by atoms with Crippen LogP contribution >= 0.6 is 0 Å². The van der Waals surface area contributed by atoms with Crippen molar-refractivity contribution in [2.45, 2.75) is 50.9 Å². The van der Waals surface area contributed by atoms with Gasteiger partial charge in [-0.05, 0) is 25.8 Å². The molecule has 0 saturated heterocycles.